The summed E-state index contributed by atoms with van der Waals surface area (Å²) in [7, 11) is 1.51. The Kier molecular flexibility index (Phi) is 16.5. The summed E-state index contributed by atoms with van der Waals surface area (Å²) in [6, 6.07) is 15.6. The lowest BCUT2D eigenvalue weighted by atomic mass is 9.47. The molecule has 0 radical (unpaired) electrons. The third-order valence-electron chi connectivity index (χ3n) is 16.9. The number of carbonyl (C=O) groups excluding carboxylic acids is 4. The van der Waals surface area contributed by atoms with Gasteiger partial charge in [-0.05, 0) is 116 Å². The van der Waals surface area contributed by atoms with Gasteiger partial charge in [0.25, 0.3) is 0 Å². The van der Waals surface area contributed by atoms with Crippen molar-refractivity contribution in [1.82, 2.24) is 5.32 Å². The summed E-state index contributed by atoms with van der Waals surface area (Å²) in [6.45, 7) is 12.2. The molecule has 8 rings (SSSR count). The molecule has 6 aliphatic rings. The van der Waals surface area contributed by atoms with Crippen LogP contribution in [0, 0.1) is 46.3 Å². The molecule has 3 saturated carbocycles. The molecule has 2 aromatic rings. The van der Waals surface area contributed by atoms with Gasteiger partial charge in [0.2, 0.25) is 0 Å². The molecule has 70 heavy (non-hydrogen) atoms. The number of aliphatic hydroxyl groups is 2. The molecule has 2 saturated heterocycles. The van der Waals surface area contributed by atoms with Gasteiger partial charge < -0.3 is 53.4 Å². The van der Waals surface area contributed by atoms with Crippen molar-refractivity contribution in [3.63, 3.8) is 0 Å². The normalized spacial score (nSPS) is 36.3. The van der Waals surface area contributed by atoms with Crippen LogP contribution in [0.5, 0.6) is 5.75 Å². The molecular formula is C55H75NO14. The van der Waals surface area contributed by atoms with Crippen LogP contribution < -0.4 is 10.1 Å². The second-order valence-corrected chi connectivity index (χ2v) is 21.7. The van der Waals surface area contributed by atoms with Crippen LogP contribution in [0.3, 0.4) is 0 Å². The highest BCUT2D eigenvalue weighted by atomic mass is 16.7. The molecule has 16 atom stereocenters. The number of amides is 1. The molecular weight excluding hydrogens is 899 g/mol. The smallest absolute Gasteiger partial charge is 0.407 e. The van der Waals surface area contributed by atoms with Gasteiger partial charge in [0.05, 0.1) is 38.1 Å². The second kappa shape index (κ2) is 22.2. The largest absolute Gasteiger partial charge is 0.497 e. The highest BCUT2D eigenvalue weighted by molar-refractivity contribution is 5.89. The molecule has 2 aliphatic heterocycles. The molecule has 15 nitrogen and oxygen atoms in total. The van der Waals surface area contributed by atoms with E-state index in [9.17, 15) is 29.4 Å². The van der Waals surface area contributed by atoms with Crippen LogP contribution >= 0.6 is 0 Å². The van der Waals surface area contributed by atoms with Crippen molar-refractivity contribution in [2.24, 2.45) is 46.3 Å². The number of nitrogens with one attached hydrogen (secondary N) is 1. The minimum absolute atomic E-state index is 0.00223. The van der Waals surface area contributed by atoms with E-state index in [2.05, 4.69) is 39.1 Å². The molecule has 5 fully saturated rings. The molecule has 0 spiro atoms. The van der Waals surface area contributed by atoms with Crippen molar-refractivity contribution in [1.29, 1.82) is 0 Å². The monoisotopic (exact) mass is 974 g/mol. The average molecular weight is 974 g/mol. The van der Waals surface area contributed by atoms with E-state index in [1.54, 1.807) is 24.3 Å². The number of allylic oxidation sites excluding steroid dienone is 1. The van der Waals surface area contributed by atoms with Crippen LogP contribution in [0.25, 0.3) is 0 Å². The first-order valence-corrected chi connectivity index (χ1v) is 25.6. The number of esters is 2. The van der Waals surface area contributed by atoms with Crippen LogP contribution in [-0.2, 0) is 49.3 Å². The lowest BCUT2D eigenvalue weighted by Crippen LogP contribution is -2.61. The number of Topliss-reactive ketones (excluding diaryl/α,β-unsaturated/α-hetero) is 1. The van der Waals surface area contributed by atoms with Gasteiger partial charge in [-0.2, -0.15) is 0 Å². The van der Waals surface area contributed by atoms with Crippen LogP contribution in [0.1, 0.15) is 122 Å². The number of ketones is 1. The Bertz CT molecular complexity index is 2170. The zero-order valence-electron chi connectivity index (χ0n) is 41.9. The molecule has 4 aliphatic carbocycles. The number of hydrogen-bond donors (Lipinski definition) is 3. The van der Waals surface area contributed by atoms with Crippen LogP contribution in [0.2, 0.25) is 0 Å². The van der Waals surface area contributed by atoms with Gasteiger partial charge in [0, 0.05) is 38.1 Å². The summed E-state index contributed by atoms with van der Waals surface area (Å²) < 4.78 is 49.4. The number of alkyl carbamates (subject to hydrolysis) is 1. The minimum Gasteiger partial charge on any atom is -0.497 e. The first-order chi connectivity index (χ1) is 33.5. The molecule has 3 N–H and O–H groups in total. The second-order valence-electron chi connectivity index (χ2n) is 21.7. The number of carbonyl (C=O) groups is 4. The Balaban J connectivity index is 1.06. The molecule has 1 amide bonds. The molecule has 0 aromatic heterocycles. The number of ether oxygens (including phenoxy) is 8. The number of benzene rings is 2. The quantitative estimate of drug-likeness (QED) is 0.0836. The average Bonchev–Trinajstić information content (AvgIpc) is 3.64. The van der Waals surface area contributed by atoms with Gasteiger partial charge >= 0.3 is 18.0 Å². The Labute approximate surface area is 412 Å². The van der Waals surface area contributed by atoms with Crippen molar-refractivity contribution in [3.8, 4) is 5.75 Å². The summed E-state index contributed by atoms with van der Waals surface area (Å²) in [5.74, 6) is 0.144. The van der Waals surface area contributed by atoms with Gasteiger partial charge in [-0.1, -0.05) is 76.6 Å². The zero-order valence-corrected chi connectivity index (χ0v) is 41.9. The SMILES string of the molecule is COc1ccc(C(=O)OC2C(OC(=O)NCc3ccccc3)CCOC2OC2C(O)COC(OC3C[C@H]4C5CC=C6CC(O)CCC6(C)C5CCC4(C)C3[C@H](C)C(=O)CCC(C)C)C2OC(C)=O)cc1. The van der Waals surface area contributed by atoms with Crippen molar-refractivity contribution in [2.75, 3.05) is 20.3 Å². The highest BCUT2D eigenvalue weighted by Gasteiger charge is 2.64. The van der Waals surface area contributed by atoms with Crippen LogP contribution in [0.15, 0.2) is 66.2 Å². The first-order valence-electron chi connectivity index (χ1n) is 25.6. The Morgan fingerprint density at radius 2 is 1.57 bits per heavy atom. The predicted octanol–water partition coefficient (Wildman–Crippen LogP) is 7.87. The number of rotatable bonds is 16. The summed E-state index contributed by atoms with van der Waals surface area (Å²) in [5.41, 5.74) is 2.17. The van der Waals surface area contributed by atoms with Gasteiger partial charge in [0.1, 0.15) is 29.8 Å². The van der Waals surface area contributed by atoms with E-state index < -0.39 is 67.2 Å². The van der Waals surface area contributed by atoms with Crippen molar-refractivity contribution in [2.45, 2.75) is 168 Å². The highest BCUT2D eigenvalue weighted by Crippen LogP contribution is 2.68. The van der Waals surface area contributed by atoms with Gasteiger partial charge in [-0.3, -0.25) is 9.59 Å². The molecule has 0 bridgehead atoms. The summed E-state index contributed by atoms with van der Waals surface area (Å²) >= 11 is 0. The topological polar surface area (TPSA) is 195 Å². The van der Waals surface area contributed by atoms with Crippen LogP contribution in [-0.4, -0.2) is 110 Å². The molecule has 15 heteroatoms. The first kappa shape index (κ1) is 52.0. The predicted molar refractivity (Wildman–Crippen MR) is 256 cm³/mol. The Hall–Kier alpha value is -4.38. The van der Waals surface area contributed by atoms with Crippen molar-refractivity contribution in [3.05, 3.63) is 77.4 Å². The number of fused-ring (bicyclic) bond motifs is 5. The number of hydrogen-bond acceptors (Lipinski definition) is 14. The molecule has 384 valence electrons. The molecule has 2 aromatic carbocycles. The van der Waals surface area contributed by atoms with E-state index in [1.165, 1.54) is 19.6 Å². The van der Waals surface area contributed by atoms with E-state index in [1.807, 2.05) is 37.3 Å². The molecule has 2 heterocycles. The Morgan fingerprint density at radius 1 is 0.829 bits per heavy atom. The third kappa shape index (κ3) is 11.1. The van der Waals surface area contributed by atoms with Crippen molar-refractivity contribution < 1.29 is 67.3 Å². The van der Waals surface area contributed by atoms with Gasteiger partial charge in [0.15, 0.2) is 24.8 Å². The minimum atomic E-state index is -1.41. The van der Waals surface area contributed by atoms with Gasteiger partial charge in [-0.25, -0.2) is 9.59 Å². The van der Waals surface area contributed by atoms with Crippen molar-refractivity contribution >= 4 is 23.8 Å². The fourth-order valence-electron chi connectivity index (χ4n) is 13.2. The summed E-state index contributed by atoms with van der Waals surface area (Å²) in [6.07, 6.45) is -0.858. The maximum atomic E-state index is 14.3. The zero-order chi connectivity index (χ0) is 49.9. The van der Waals surface area contributed by atoms with Gasteiger partial charge in [-0.15, -0.1) is 0 Å². The van der Waals surface area contributed by atoms with E-state index >= 15 is 0 Å². The maximum absolute atomic E-state index is 14.3. The van der Waals surface area contributed by atoms with E-state index in [4.69, 9.17) is 37.9 Å². The van der Waals surface area contributed by atoms with Crippen LogP contribution in [0.4, 0.5) is 4.79 Å². The number of methoxy groups -OCH3 is 1. The molecule has 14 unspecified atom stereocenters. The summed E-state index contributed by atoms with van der Waals surface area (Å²) in [4.78, 5) is 54.4. The third-order valence-corrected chi connectivity index (χ3v) is 16.9. The Morgan fingerprint density at radius 3 is 2.29 bits per heavy atom. The summed E-state index contributed by atoms with van der Waals surface area (Å²) in [5, 5.41) is 25.1. The standard InChI is InChI=1S/C55H75NO14/c1-31(2)13-20-42(59)32(3)46-45(28-41-39-19-16-36-27-37(58)21-24-54(36,5)40(39)22-25-55(41,46)6)67-52-49(66-33(4)57)47(43(60)30-65-52)70-51-48(69-50(61)35-14-17-38(63-7)18-15-35)44(23-26-64-51)68-53(62)56-29-34-11-9-8-10-12-34/h8-12,14-18,31-32,37,39-41,43-49,51-52,58,60H,13,19-30H2,1-7H3,(H,56,62)/t32-,37?,39?,40?,41+,43?,44?,45?,46?,47?,48?,49?,51?,52?,54?,55?/m1/s1. The lowest BCUT2D eigenvalue weighted by Gasteiger charge is -2.58. The number of aliphatic hydroxyl groups excluding tert-OH is 2. The fraction of sp³-hybridized carbons (Fsp3) is 0.673. The maximum Gasteiger partial charge on any atom is 0.407 e. The van der Waals surface area contributed by atoms with E-state index in [0.717, 1.165) is 50.5 Å². The fourth-order valence-corrected chi connectivity index (χ4v) is 13.2. The van der Waals surface area contributed by atoms with E-state index in [-0.39, 0.29) is 72.2 Å². The van der Waals surface area contributed by atoms with E-state index in [0.29, 0.717) is 36.3 Å². The lowest BCUT2D eigenvalue weighted by molar-refractivity contribution is -0.333.